The molecule has 0 spiro atoms. The van der Waals surface area contributed by atoms with Gasteiger partial charge < -0.3 is 20.5 Å². The average Bonchev–Trinajstić information content (AvgIpc) is 3.07. The van der Waals surface area contributed by atoms with Gasteiger partial charge in [0.1, 0.15) is 11.5 Å². The normalized spacial score (nSPS) is 23.9. The van der Waals surface area contributed by atoms with E-state index >= 15 is 0 Å². The third-order valence-electron chi connectivity index (χ3n) is 4.69. The van der Waals surface area contributed by atoms with Crippen molar-refractivity contribution in [1.29, 1.82) is 0 Å². The van der Waals surface area contributed by atoms with E-state index in [9.17, 15) is 9.18 Å². The number of hydrogen-bond donors (Lipinski definition) is 2. The number of halogens is 2. The zero-order chi connectivity index (χ0) is 19.0. The van der Waals surface area contributed by atoms with Crippen LogP contribution in [0.4, 0.5) is 10.1 Å². The number of rotatable bonds is 3. The Morgan fingerprint density at radius 1 is 1.37 bits per heavy atom. The van der Waals surface area contributed by atoms with Crippen molar-refractivity contribution in [3.8, 4) is 0 Å². The van der Waals surface area contributed by atoms with E-state index in [-0.39, 0.29) is 29.8 Å². The Balaban J connectivity index is 1.65. The van der Waals surface area contributed by atoms with Gasteiger partial charge in [-0.05, 0) is 30.3 Å². The second-order valence-corrected chi connectivity index (χ2v) is 6.83. The second kappa shape index (κ2) is 6.79. The molecule has 0 unspecified atom stereocenters. The maximum atomic E-state index is 14.7. The summed E-state index contributed by atoms with van der Waals surface area (Å²) >= 11 is 5.78. The van der Waals surface area contributed by atoms with Crippen molar-refractivity contribution in [3.05, 3.63) is 58.6 Å². The molecule has 1 saturated heterocycles. The van der Waals surface area contributed by atoms with E-state index in [1.807, 2.05) is 0 Å². The highest BCUT2D eigenvalue weighted by atomic mass is 35.5. The van der Waals surface area contributed by atoms with Gasteiger partial charge in [-0.15, -0.1) is 0 Å². The molecule has 9 heteroatoms. The highest BCUT2D eigenvalue weighted by molar-refractivity contribution is 6.30. The number of nitrogens with two attached hydrogens (primary N) is 1. The summed E-state index contributed by atoms with van der Waals surface area (Å²) in [6.45, 7) is 0.930. The molecule has 0 radical (unpaired) electrons. The van der Waals surface area contributed by atoms with Crippen LogP contribution in [0.1, 0.15) is 16.1 Å². The van der Waals surface area contributed by atoms with Crippen molar-refractivity contribution >= 4 is 29.2 Å². The average molecular weight is 391 g/mol. The molecule has 1 aromatic carbocycles. The number of carbonyl (C=O) groups is 1. The first-order valence-corrected chi connectivity index (χ1v) is 8.65. The Kier molecular flexibility index (Phi) is 4.45. The van der Waals surface area contributed by atoms with Crippen molar-refractivity contribution in [2.24, 2.45) is 16.6 Å². The van der Waals surface area contributed by atoms with Gasteiger partial charge in [0.25, 0.3) is 11.9 Å². The number of fused-ring (bicyclic) bond motifs is 1. The van der Waals surface area contributed by atoms with Gasteiger partial charge in [-0.3, -0.25) is 4.79 Å². The minimum atomic E-state index is -1.06. The molecule has 1 fully saturated rings. The Hall–Kier alpha value is -2.71. The van der Waals surface area contributed by atoms with E-state index in [4.69, 9.17) is 26.8 Å². The molecule has 3 N–H and O–H groups in total. The molecule has 2 aromatic rings. The summed E-state index contributed by atoms with van der Waals surface area (Å²) in [6.07, 6.45) is 1.38. The van der Waals surface area contributed by atoms with Crippen LogP contribution in [-0.2, 0) is 15.1 Å². The topological polar surface area (TPSA) is 98.8 Å². The maximum absolute atomic E-state index is 14.7. The Bertz CT molecular complexity index is 921. The minimum Gasteiger partial charge on any atom is -0.451 e. The van der Waals surface area contributed by atoms with Gasteiger partial charge in [0.05, 0.1) is 24.8 Å². The zero-order valence-electron chi connectivity index (χ0n) is 14.1. The van der Waals surface area contributed by atoms with Crippen LogP contribution < -0.4 is 11.1 Å². The predicted octanol–water partition coefficient (Wildman–Crippen LogP) is 2.31. The van der Waals surface area contributed by atoms with Gasteiger partial charge in [-0.25, -0.2) is 14.4 Å². The van der Waals surface area contributed by atoms with Crippen molar-refractivity contribution in [1.82, 2.24) is 4.98 Å². The van der Waals surface area contributed by atoms with E-state index in [1.165, 1.54) is 30.5 Å². The fourth-order valence-electron chi connectivity index (χ4n) is 3.32. The molecular formula is C18H16ClFN4O3. The van der Waals surface area contributed by atoms with Gasteiger partial charge in [0.15, 0.2) is 5.60 Å². The number of amides is 1. The quantitative estimate of drug-likeness (QED) is 0.837. The number of pyridine rings is 1. The highest BCUT2D eigenvalue weighted by Crippen LogP contribution is 2.43. The first-order valence-electron chi connectivity index (χ1n) is 8.27. The van der Waals surface area contributed by atoms with E-state index in [1.54, 1.807) is 6.07 Å². The summed E-state index contributed by atoms with van der Waals surface area (Å²) < 4.78 is 25.9. The lowest BCUT2D eigenvalue weighted by atomic mass is 9.82. The molecule has 1 amide bonds. The van der Waals surface area contributed by atoms with E-state index < -0.39 is 17.3 Å². The summed E-state index contributed by atoms with van der Waals surface area (Å²) in [4.78, 5) is 20.4. The van der Waals surface area contributed by atoms with E-state index in [0.717, 1.165) is 0 Å². The maximum Gasteiger partial charge on any atom is 0.282 e. The molecule has 140 valence electrons. The van der Waals surface area contributed by atoms with E-state index in [2.05, 4.69) is 15.3 Å². The number of aromatic nitrogens is 1. The van der Waals surface area contributed by atoms with Crippen LogP contribution in [-0.4, -0.2) is 36.7 Å². The van der Waals surface area contributed by atoms with Crippen LogP contribution in [0, 0.1) is 11.7 Å². The number of ether oxygens (including phenoxy) is 2. The van der Waals surface area contributed by atoms with Crippen LogP contribution in [0.2, 0.25) is 5.02 Å². The molecule has 27 heavy (non-hydrogen) atoms. The summed E-state index contributed by atoms with van der Waals surface area (Å²) in [5.74, 6) is -1.07. The van der Waals surface area contributed by atoms with Crippen molar-refractivity contribution in [2.45, 2.75) is 5.60 Å². The molecule has 4 rings (SSSR count). The lowest BCUT2D eigenvalue weighted by molar-refractivity contribution is -0.00183. The molecule has 2 aliphatic heterocycles. The third-order valence-corrected chi connectivity index (χ3v) is 4.91. The fraction of sp³-hybridized carbons (Fsp3) is 0.278. The van der Waals surface area contributed by atoms with Crippen LogP contribution >= 0.6 is 11.6 Å². The summed E-state index contributed by atoms with van der Waals surface area (Å²) in [7, 11) is 0. The number of nitrogens with zero attached hydrogens (tertiary/aromatic N) is 2. The number of hydrogen-bond acceptors (Lipinski definition) is 6. The van der Waals surface area contributed by atoms with Gasteiger partial charge >= 0.3 is 0 Å². The van der Waals surface area contributed by atoms with Crippen LogP contribution in [0.15, 0.2) is 41.5 Å². The molecule has 7 nitrogen and oxygen atoms in total. The standard InChI is InChI=1S/C18H16ClFN4O3/c19-11-1-4-15(22-7-11)16(25)24-12-2-3-14(20)13(5-12)18-9-26-8-10(18)6-23-17(21)27-18/h1-5,7,10H,6,8-9H2,(H2,21,23)(H,24,25)/t10-,18-/m0/s1. The van der Waals surface area contributed by atoms with Crippen LogP contribution in [0.25, 0.3) is 0 Å². The summed E-state index contributed by atoms with van der Waals surface area (Å²) in [5, 5.41) is 3.13. The van der Waals surface area contributed by atoms with Crippen LogP contribution in [0.5, 0.6) is 0 Å². The molecule has 2 atom stereocenters. The SMILES string of the molecule is NC1=NC[C@H]2COC[C@]2(c2cc(NC(=O)c3ccc(Cl)cn3)ccc2F)O1. The summed E-state index contributed by atoms with van der Waals surface area (Å²) in [6, 6.07) is 7.34. The molecule has 0 saturated carbocycles. The van der Waals surface area contributed by atoms with E-state index in [0.29, 0.717) is 23.9 Å². The largest absolute Gasteiger partial charge is 0.451 e. The molecule has 1 aromatic heterocycles. The van der Waals surface area contributed by atoms with Gasteiger partial charge in [0.2, 0.25) is 0 Å². The monoisotopic (exact) mass is 390 g/mol. The first-order chi connectivity index (χ1) is 13.0. The fourth-order valence-corrected chi connectivity index (χ4v) is 3.43. The van der Waals surface area contributed by atoms with Crippen molar-refractivity contribution in [3.63, 3.8) is 0 Å². The molecular weight excluding hydrogens is 375 g/mol. The Labute approximate surface area is 159 Å². The lowest BCUT2D eigenvalue weighted by Crippen LogP contribution is -2.46. The third kappa shape index (κ3) is 3.22. The Morgan fingerprint density at radius 2 is 2.22 bits per heavy atom. The second-order valence-electron chi connectivity index (χ2n) is 6.39. The lowest BCUT2D eigenvalue weighted by Gasteiger charge is -2.36. The number of carbonyl (C=O) groups excluding carboxylic acids is 1. The number of nitrogens with one attached hydrogen (secondary N) is 1. The molecule has 3 heterocycles. The molecule has 2 aliphatic rings. The van der Waals surface area contributed by atoms with Gasteiger partial charge in [-0.1, -0.05) is 11.6 Å². The summed E-state index contributed by atoms with van der Waals surface area (Å²) in [5.41, 5.74) is 5.53. The minimum absolute atomic E-state index is 0.00375. The van der Waals surface area contributed by atoms with Crippen molar-refractivity contribution < 1.29 is 18.7 Å². The van der Waals surface area contributed by atoms with Crippen molar-refractivity contribution in [2.75, 3.05) is 25.1 Å². The number of benzene rings is 1. The van der Waals surface area contributed by atoms with Crippen LogP contribution in [0.3, 0.4) is 0 Å². The van der Waals surface area contributed by atoms with Gasteiger partial charge in [-0.2, -0.15) is 0 Å². The molecule has 0 bridgehead atoms. The first kappa shape index (κ1) is 17.7. The zero-order valence-corrected chi connectivity index (χ0v) is 14.9. The predicted molar refractivity (Wildman–Crippen MR) is 97.2 cm³/mol. The number of aliphatic imine (C=N–C) groups is 1. The smallest absolute Gasteiger partial charge is 0.282 e. The molecule has 0 aliphatic carbocycles. The number of anilines is 1. The van der Waals surface area contributed by atoms with Gasteiger partial charge in [0, 0.05) is 23.4 Å². The number of amidine groups is 1. The highest BCUT2D eigenvalue weighted by Gasteiger charge is 2.51. The Morgan fingerprint density at radius 3 is 3.00 bits per heavy atom.